The van der Waals surface area contributed by atoms with Crippen LogP contribution in [0.25, 0.3) is 0 Å². The maximum atomic E-state index is 10.8. The second-order valence-corrected chi connectivity index (χ2v) is 3.71. The molecule has 1 atom stereocenters. The molecule has 0 spiro atoms. The molecule has 0 bridgehead atoms. The van der Waals surface area contributed by atoms with Crippen molar-refractivity contribution in [2.45, 2.75) is 38.4 Å². The van der Waals surface area contributed by atoms with Crippen molar-refractivity contribution in [3.05, 3.63) is 0 Å². The minimum Gasteiger partial charge on any atom is -0.465 e. The van der Waals surface area contributed by atoms with Crippen molar-refractivity contribution in [2.75, 3.05) is 13.7 Å². The standard InChI is InChI=1S/C10H18O4/c1-13-9(11)10(12)14-7-8-5-3-2-4-6-8/h8,10,12H,2-7H2,1H3/t10-/m0/s1. The first-order chi connectivity index (χ1) is 6.74. The fourth-order valence-electron chi connectivity index (χ4n) is 1.75. The summed E-state index contributed by atoms with van der Waals surface area (Å²) in [5.41, 5.74) is 0. The lowest BCUT2D eigenvalue weighted by molar-refractivity contribution is -0.182. The van der Waals surface area contributed by atoms with Crippen LogP contribution in [0, 0.1) is 5.92 Å². The monoisotopic (exact) mass is 202 g/mol. The van der Waals surface area contributed by atoms with Crippen LogP contribution in [0.15, 0.2) is 0 Å². The maximum Gasteiger partial charge on any atom is 0.363 e. The molecule has 0 amide bonds. The molecule has 0 aliphatic heterocycles. The summed E-state index contributed by atoms with van der Waals surface area (Å²) in [6.45, 7) is 0.455. The van der Waals surface area contributed by atoms with Gasteiger partial charge in [0.1, 0.15) is 0 Å². The van der Waals surface area contributed by atoms with Gasteiger partial charge in [-0.3, -0.25) is 0 Å². The van der Waals surface area contributed by atoms with Crippen molar-refractivity contribution in [1.29, 1.82) is 0 Å². The molecule has 1 N–H and O–H groups in total. The van der Waals surface area contributed by atoms with Crippen molar-refractivity contribution in [3.63, 3.8) is 0 Å². The van der Waals surface area contributed by atoms with Crippen LogP contribution in [0.3, 0.4) is 0 Å². The van der Waals surface area contributed by atoms with Gasteiger partial charge in [-0.25, -0.2) is 4.79 Å². The van der Waals surface area contributed by atoms with Gasteiger partial charge < -0.3 is 14.6 Å². The highest BCUT2D eigenvalue weighted by Crippen LogP contribution is 2.23. The van der Waals surface area contributed by atoms with Gasteiger partial charge in [-0.1, -0.05) is 19.3 Å². The zero-order valence-corrected chi connectivity index (χ0v) is 8.57. The van der Waals surface area contributed by atoms with Gasteiger partial charge in [-0.15, -0.1) is 0 Å². The normalized spacial score (nSPS) is 20.4. The van der Waals surface area contributed by atoms with Crippen LogP contribution in [-0.4, -0.2) is 31.1 Å². The van der Waals surface area contributed by atoms with Crippen LogP contribution in [0.5, 0.6) is 0 Å². The molecule has 82 valence electrons. The molecule has 1 aliphatic rings. The summed E-state index contributed by atoms with van der Waals surface area (Å²) in [5, 5.41) is 9.15. The van der Waals surface area contributed by atoms with E-state index < -0.39 is 12.3 Å². The Hall–Kier alpha value is -0.610. The number of ether oxygens (including phenoxy) is 2. The average molecular weight is 202 g/mol. The molecule has 0 heterocycles. The van der Waals surface area contributed by atoms with Crippen LogP contribution in [0.1, 0.15) is 32.1 Å². The Kier molecular flexibility index (Phi) is 4.90. The van der Waals surface area contributed by atoms with E-state index in [1.165, 1.54) is 26.4 Å². The first-order valence-corrected chi connectivity index (χ1v) is 5.11. The smallest absolute Gasteiger partial charge is 0.363 e. The number of carbonyl (C=O) groups is 1. The summed E-state index contributed by atoms with van der Waals surface area (Å²) in [4.78, 5) is 10.8. The van der Waals surface area contributed by atoms with Crippen molar-refractivity contribution < 1.29 is 19.4 Å². The molecule has 1 aliphatic carbocycles. The lowest BCUT2D eigenvalue weighted by Gasteiger charge is -2.22. The summed E-state index contributed by atoms with van der Waals surface area (Å²) in [6.07, 6.45) is 4.59. The minimum atomic E-state index is -1.41. The topological polar surface area (TPSA) is 55.8 Å². The summed E-state index contributed by atoms with van der Waals surface area (Å²) >= 11 is 0. The number of aliphatic hydroxyl groups is 1. The third-order valence-electron chi connectivity index (χ3n) is 2.62. The van der Waals surface area contributed by atoms with E-state index in [1.54, 1.807) is 0 Å². The number of aliphatic hydroxyl groups excluding tert-OH is 1. The molecule has 0 aromatic heterocycles. The third-order valence-corrected chi connectivity index (χ3v) is 2.62. The summed E-state index contributed by atoms with van der Waals surface area (Å²) < 4.78 is 9.35. The number of esters is 1. The first kappa shape index (κ1) is 11.5. The molecular formula is C10H18O4. The molecule has 4 heteroatoms. The highest BCUT2D eigenvalue weighted by molar-refractivity contribution is 5.72. The lowest BCUT2D eigenvalue weighted by Crippen LogP contribution is -2.28. The summed E-state index contributed by atoms with van der Waals surface area (Å²) in [7, 11) is 1.23. The predicted octanol–water partition coefficient (Wildman–Crippen LogP) is 1.07. The Morgan fingerprint density at radius 2 is 2.07 bits per heavy atom. The largest absolute Gasteiger partial charge is 0.465 e. The second-order valence-electron chi connectivity index (χ2n) is 3.71. The van der Waals surface area contributed by atoms with E-state index in [2.05, 4.69) is 4.74 Å². The second kappa shape index (κ2) is 5.98. The molecular weight excluding hydrogens is 184 g/mol. The van der Waals surface area contributed by atoms with Gasteiger partial charge in [0.05, 0.1) is 13.7 Å². The molecule has 1 rings (SSSR count). The number of hydrogen-bond donors (Lipinski definition) is 1. The molecule has 4 nitrogen and oxygen atoms in total. The maximum absolute atomic E-state index is 10.8. The van der Waals surface area contributed by atoms with Crippen molar-refractivity contribution in [2.24, 2.45) is 5.92 Å². The van der Waals surface area contributed by atoms with E-state index in [0.29, 0.717) is 12.5 Å². The molecule has 1 saturated carbocycles. The van der Waals surface area contributed by atoms with Gasteiger partial charge in [0.15, 0.2) is 0 Å². The summed E-state index contributed by atoms with van der Waals surface area (Å²) in [5.74, 6) is -0.233. The summed E-state index contributed by atoms with van der Waals surface area (Å²) in [6, 6.07) is 0. The van der Waals surface area contributed by atoms with Gasteiger partial charge in [-0.2, -0.15) is 0 Å². The van der Waals surface area contributed by atoms with E-state index in [-0.39, 0.29) is 0 Å². The first-order valence-electron chi connectivity index (χ1n) is 5.11. The third kappa shape index (κ3) is 3.64. The number of hydrogen-bond acceptors (Lipinski definition) is 4. The lowest BCUT2D eigenvalue weighted by atomic mass is 9.90. The van der Waals surface area contributed by atoms with Gasteiger partial charge in [0.2, 0.25) is 0 Å². The van der Waals surface area contributed by atoms with Crippen molar-refractivity contribution in [3.8, 4) is 0 Å². The Morgan fingerprint density at radius 3 is 2.64 bits per heavy atom. The fourth-order valence-corrected chi connectivity index (χ4v) is 1.75. The molecule has 0 aromatic carbocycles. The number of rotatable bonds is 4. The minimum absolute atomic E-state index is 0.455. The van der Waals surface area contributed by atoms with E-state index in [9.17, 15) is 4.79 Å². The Morgan fingerprint density at radius 1 is 1.43 bits per heavy atom. The molecule has 0 radical (unpaired) electrons. The van der Waals surface area contributed by atoms with Crippen molar-refractivity contribution in [1.82, 2.24) is 0 Å². The molecule has 14 heavy (non-hydrogen) atoms. The molecule has 1 fully saturated rings. The fraction of sp³-hybridized carbons (Fsp3) is 0.900. The predicted molar refractivity (Wildman–Crippen MR) is 50.5 cm³/mol. The molecule has 0 saturated heterocycles. The molecule has 0 aromatic rings. The average Bonchev–Trinajstić information content (AvgIpc) is 2.26. The van der Waals surface area contributed by atoms with E-state index in [0.717, 1.165) is 12.8 Å². The van der Waals surface area contributed by atoms with E-state index >= 15 is 0 Å². The van der Waals surface area contributed by atoms with E-state index in [4.69, 9.17) is 9.84 Å². The molecule has 0 unspecified atom stereocenters. The number of carbonyl (C=O) groups excluding carboxylic acids is 1. The SMILES string of the molecule is COC(=O)[C@@H](O)OCC1CCCCC1. The van der Waals surface area contributed by atoms with Gasteiger partial charge >= 0.3 is 5.97 Å². The van der Waals surface area contributed by atoms with Gasteiger partial charge in [0, 0.05) is 0 Å². The highest BCUT2D eigenvalue weighted by Gasteiger charge is 2.19. The highest BCUT2D eigenvalue weighted by atomic mass is 16.6. The van der Waals surface area contributed by atoms with Crippen LogP contribution in [-0.2, 0) is 14.3 Å². The van der Waals surface area contributed by atoms with Crippen LogP contribution in [0.2, 0.25) is 0 Å². The Balaban J connectivity index is 2.15. The zero-order valence-electron chi connectivity index (χ0n) is 8.57. The number of methoxy groups -OCH3 is 1. The zero-order chi connectivity index (χ0) is 10.4. The van der Waals surface area contributed by atoms with Crippen LogP contribution in [0.4, 0.5) is 0 Å². The van der Waals surface area contributed by atoms with Gasteiger partial charge in [-0.05, 0) is 18.8 Å². The van der Waals surface area contributed by atoms with Crippen LogP contribution < -0.4 is 0 Å². The van der Waals surface area contributed by atoms with Crippen molar-refractivity contribution >= 4 is 5.97 Å². The quantitative estimate of drug-likeness (QED) is 0.547. The van der Waals surface area contributed by atoms with E-state index in [1.807, 2.05) is 0 Å². The van der Waals surface area contributed by atoms with Gasteiger partial charge in [0.25, 0.3) is 6.29 Å². The Bertz CT molecular complexity index is 175. The Labute approximate surface area is 84.2 Å². The van der Waals surface area contributed by atoms with Crippen LogP contribution >= 0.6 is 0 Å².